The zero-order chi connectivity index (χ0) is 19.9. The number of likely N-dealkylation sites (tertiary alicyclic amines) is 1. The summed E-state index contributed by atoms with van der Waals surface area (Å²) in [5, 5.41) is 11.4. The van der Waals surface area contributed by atoms with Gasteiger partial charge in [-0.2, -0.15) is 0 Å². The number of rotatable bonds is 5. The van der Waals surface area contributed by atoms with Gasteiger partial charge < -0.3 is 9.52 Å². The van der Waals surface area contributed by atoms with Crippen molar-refractivity contribution in [1.82, 2.24) is 4.90 Å². The Labute approximate surface area is 164 Å². The van der Waals surface area contributed by atoms with Crippen LogP contribution in [0.3, 0.4) is 0 Å². The SMILES string of the molecule is Cc1coc(C)c1C(=O)CC1(O)C(=O)N(CN2CCCCC2)c2ccccc21. The number of aryl methyl sites for hydroxylation is 2. The number of furan rings is 1. The molecule has 0 aliphatic carbocycles. The second kappa shape index (κ2) is 7.18. The normalized spacial score (nSPS) is 22.5. The van der Waals surface area contributed by atoms with Crippen LogP contribution in [-0.4, -0.2) is 41.5 Å². The van der Waals surface area contributed by atoms with Crippen LogP contribution < -0.4 is 4.90 Å². The van der Waals surface area contributed by atoms with E-state index in [2.05, 4.69) is 4.90 Å². The minimum atomic E-state index is -1.85. The van der Waals surface area contributed by atoms with Crippen LogP contribution >= 0.6 is 0 Å². The molecular weight excluding hydrogens is 356 g/mol. The number of hydrogen-bond donors (Lipinski definition) is 1. The number of anilines is 1. The number of piperidine rings is 1. The van der Waals surface area contributed by atoms with Crippen molar-refractivity contribution in [3.05, 3.63) is 53.0 Å². The van der Waals surface area contributed by atoms with Crippen molar-refractivity contribution in [2.75, 3.05) is 24.7 Å². The maximum absolute atomic E-state index is 13.3. The van der Waals surface area contributed by atoms with Gasteiger partial charge in [0, 0.05) is 5.56 Å². The molecule has 1 fully saturated rings. The first kappa shape index (κ1) is 18.9. The minimum Gasteiger partial charge on any atom is -0.469 e. The predicted molar refractivity (Wildman–Crippen MR) is 105 cm³/mol. The molecule has 2 aromatic rings. The van der Waals surface area contributed by atoms with Crippen molar-refractivity contribution < 1.29 is 19.1 Å². The number of carbonyl (C=O) groups is 2. The molecule has 28 heavy (non-hydrogen) atoms. The molecule has 6 heteroatoms. The van der Waals surface area contributed by atoms with Gasteiger partial charge in [0.25, 0.3) is 5.91 Å². The Morgan fingerprint density at radius 1 is 1.18 bits per heavy atom. The van der Waals surface area contributed by atoms with Gasteiger partial charge in [0.05, 0.1) is 30.6 Å². The highest BCUT2D eigenvalue weighted by Crippen LogP contribution is 2.43. The summed E-state index contributed by atoms with van der Waals surface area (Å²) < 4.78 is 5.33. The Balaban J connectivity index is 1.65. The van der Waals surface area contributed by atoms with Crippen LogP contribution in [0.25, 0.3) is 0 Å². The molecule has 1 atom stereocenters. The standard InChI is InChI=1S/C22H26N2O4/c1-15-13-28-16(2)20(15)19(25)12-22(27)17-8-4-5-9-18(17)24(21(22)26)14-23-10-6-3-7-11-23/h4-5,8-9,13,27H,3,6-7,10-12,14H2,1-2H3. The predicted octanol–water partition coefficient (Wildman–Crippen LogP) is 3.15. The van der Waals surface area contributed by atoms with Gasteiger partial charge in [0.2, 0.25) is 0 Å². The number of ketones is 1. The number of Topliss-reactive ketones (excluding diaryl/α,β-unsaturated/α-hetero) is 1. The number of hydrogen-bond acceptors (Lipinski definition) is 5. The number of para-hydroxylation sites is 1. The summed E-state index contributed by atoms with van der Waals surface area (Å²) in [5.41, 5.74) is 0.515. The third-order valence-electron chi connectivity index (χ3n) is 5.88. The lowest BCUT2D eigenvalue weighted by Gasteiger charge is -2.31. The molecule has 2 aliphatic rings. The molecule has 1 amide bonds. The van der Waals surface area contributed by atoms with Crippen LogP contribution in [0.5, 0.6) is 0 Å². The van der Waals surface area contributed by atoms with Gasteiger partial charge in [0.1, 0.15) is 5.76 Å². The van der Waals surface area contributed by atoms with Crippen LogP contribution in [0.15, 0.2) is 34.9 Å². The molecule has 148 valence electrons. The highest BCUT2D eigenvalue weighted by Gasteiger charge is 2.51. The third-order valence-corrected chi connectivity index (χ3v) is 5.88. The first-order valence-electron chi connectivity index (χ1n) is 9.86. The number of amides is 1. The Morgan fingerprint density at radius 3 is 2.57 bits per heavy atom. The molecule has 0 spiro atoms. The lowest BCUT2D eigenvalue weighted by molar-refractivity contribution is -0.136. The molecule has 4 rings (SSSR count). The summed E-state index contributed by atoms with van der Waals surface area (Å²) in [6.07, 6.45) is 4.68. The summed E-state index contributed by atoms with van der Waals surface area (Å²) in [5.74, 6) is -0.198. The van der Waals surface area contributed by atoms with E-state index in [9.17, 15) is 14.7 Å². The van der Waals surface area contributed by atoms with Crippen molar-refractivity contribution in [3.63, 3.8) is 0 Å². The van der Waals surface area contributed by atoms with E-state index >= 15 is 0 Å². The van der Waals surface area contributed by atoms with Gasteiger partial charge in [-0.05, 0) is 51.4 Å². The average Bonchev–Trinajstić information content (AvgIpc) is 3.13. The van der Waals surface area contributed by atoms with Gasteiger partial charge in [-0.3, -0.25) is 19.4 Å². The zero-order valence-electron chi connectivity index (χ0n) is 16.4. The van der Waals surface area contributed by atoms with Gasteiger partial charge >= 0.3 is 0 Å². The average molecular weight is 382 g/mol. The van der Waals surface area contributed by atoms with Crippen molar-refractivity contribution in [2.24, 2.45) is 0 Å². The van der Waals surface area contributed by atoms with Crippen molar-refractivity contribution in [1.29, 1.82) is 0 Å². The fraction of sp³-hybridized carbons (Fsp3) is 0.455. The first-order chi connectivity index (χ1) is 13.4. The van der Waals surface area contributed by atoms with Gasteiger partial charge in [-0.15, -0.1) is 0 Å². The van der Waals surface area contributed by atoms with E-state index in [1.807, 2.05) is 12.1 Å². The van der Waals surface area contributed by atoms with E-state index in [0.717, 1.165) is 31.5 Å². The maximum atomic E-state index is 13.3. The molecule has 0 bridgehead atoms. The molecule has 3 heterocycles. The molecule has 1 aromatic carbocycles. The fourth-order valence-electron chi connectivity index (χ4n) is 4.43. The third kappa shape index (κ3) is 3.06. The van der Waals surface area contributed by atoms with Crippen LogP contribution in [0.4, 0.5) is 5.69 Å². The highest BCUT2D eigenvalue weighted by atomic mass is 16.3. The second-order valence-electron chi connectivity index (χ2n) is 7.88. The number of fused-ring (bicyclic) bond motifs is 1. The van der Waals surface area contributed by atoms with E-state index in [4.69, 9.17) is 4.42 Å². The molecule has 1 aromatic heterocycles. The first-order valence-corrected chi connectivity index (χ1v) is 9.86. The number of benzene rings is 1. The number of aliphatic hydroxyl groups is 1. The summed E-state index contributed by atoms with van der Waals surface area (Å²) in [6.45, 7) is 5.84. The van der Waals surface area contributed by atoms with E-state index in [1.165, 1.54) is 12.7 Å². The lowest BCUT2D eigenvalue weighted by Crippen LogP contribution is -2.47. The summed E-state index contributed by atoms with van der Waals surface area (Å²) in [6, 6.07) is 7.23. The Morgan fingerprint density at radius 2 is 1.89 bits per heavy atom. The van der Waals surface area contributed by atoms with Crippen molar-refractivity contribution in [2.45, 2.75) is 45.1 Å². The molecule has 1 unspecified atom stereocenters. The van der Waals surface area contributed by atoms with Crippen molar-refractivity contribution in [3.8, 4) is 0 Å². The topological polar surface area (TPSA) is 74.0 Å². The monoisotopic (exact) mass is 382 g/mol. The lowest BCUT2D eigenvalue weighted by atomic mass is 9.87. The van der Waals surface area contributed by atoms with Gasteiger partial charge in [-0.1, -0.05) is 24.6 Å². The van der Waals surface area contributed by atoms with E-state index < -0.39 is 11.5 Å². The van der Waals surface area contributed by atoms with Gasteiger partial charge in [0.15, 0.2) is 11.4 Å². The largest absolute Gasteiger partial charge is 0.469 e. The Bertz CT molecular complexity index is 894. The molecule has 2 aliphatic heterocycles. The van der Waals surface area contributed by atoms with E-state index in [-0.39, 0.29) is 12.2 Å². The molecule has 1 saturated heterocycles. The maximum Gasteiger partial charge on any atom is 0.265 e. The van der Waals surface area contributed by atoms with Crippen LogP contribution in [0.1, 0.15) is 52.9 Å². The fourth-order valence-corrected chi connectivity index (χ4v) is 4.43. The summed E-state index contributed by atoms with van der Waals surface area (Å²) in [7, 11) is 0. The Hall–Kier alpha value is -2.44. The number of nitrogens with zero attached hydrogens (tertiary/aromatic N) is 2. The molecular formula is C22H26N2O4. The minimum absolute atomic E-state index is 0.283. The van der Waals surface area contributed by atoms with Crippen LogP contribution in [0, 0.1) is 13.8 Å². The second-order valence-corrected chi connectivity index (χ2v) is 7.88. The summed E-state index contributed by atoms with van der Waals surface area (Å²) in [4.78, 5) is 30.1. The highest BCUT2D eigenvalue weighted by molar-refractivity contribution is 6.11. The summed E-state index contributed by atoms with van der Waals surface area (Å²) >= 11 is 0. The van der Waals surface area contributed by atoms with E-state index in [1.54, 1.807) is 30.9 Å². The van der Waals surface area contributed by atoms with E-state index in [0.29, 0.717) is 29.2 Å². The molecule has 6 nitrogen and oxygen atoms in total. The Kier molecular flexibility index (Phi) is 4.85. The zero-order valence-corrected chi connectivity index (χ0v) is 16.4. The van der Waals surface area contributed by atoms with Crippen LogP contribution in [-0.2, 0) is 10.4 Å². The van der Waals surface area contributed by atoms with Crippen LogP contribution in [0.2, 0.25) is 0 Å². The van der Waals surface area contributed by atoms with Crippen molar-refractivity contribution >= 4 is 17.4 Å². The number of carbonyl (C=O) groups excluding carboxylic acids is 2. The molecule has 0 saturated carbocycles. The van der Waals surface area contributed by atoms with Gasteiger partial charge in [-0.25, -0.2) is 0 Å². The quantitative estimate of drug-likeness (QED) is 0.804. The molecule has 1 N–H and O–H groups in total. The smallest absolute Gasteiger partial charge is 0.265 e. The molecule has 0 radical (unpaired) electrons.